The van der Waals surface area contributed by atoms with Gasteiger partial charge < -0.3 is 15.5 Å². The Morgan fingerprint density at radius 2 is 1.79 bits per heavy atom. The van der Waals surface area contributed by atoms with Gasteiger partial charge in [-0.3, -0.25) is 9.59 Å². The first-order valence-corrected chi connectivity index (χ1v) is 7.14. The zero-order valence-electron chi connectivity index (χ0n) is 12.6. The lowest BCUT2D eigenvalue weighted by Gasteiger charge is -2.36. The standard InChI is InChI=1S/C14H27N3O2/c1-10(2)17(12(4)18)9-13-5-7-16(8-6-13)14(19)11(3)15/h10-11,13H,5-9,15H2,1-4H3/t11-/m0/s1. The molecule has 2 amide bonds. The Kier molecular flexibility index (Phi) is 5.79. The molecule has 0 saturated carbocycles. The molecule has 110 valence electrons. The first-order valence-electron chi connectivity index (χ1n) is 7.14. The van der Waals surface area contributed by atoms with Crippen molar-refractivity contribution in [1.82, 2.24) is 9.80 Å². The molecular formula is C14H27N3O2. The Hall–Kier alpha value is -1.10. The number of nitrogens with two attached hydrogens (primary N) is 1. The fourth-order valence-electron chi connectivity index (χ4n) is 2.61. The minimum Gasteiger partial charge on any atom is -0.341 e. The van der Waals surface area contributed by atoms with E-state index in [-0.39, 0.29) is 17.9 Å². The molecule has 1 fully saturated rings. The number of hydrogen-bond acceptors (Lipinski definition) is 3. The summed E-state index contributed by atoms with van der Waals surface area (Å²) in [6.45, 7) is 9.74. The molecule has 5 heteroatoms. The van der Waals surface area contributed by atoms with Crippen LogP contribution in [0, 0.1) is 5.92 Å². The molecule has 0 aromatic carbocycles. The molecule has 1 heterocycles. The molecule has 1 atom stereocenters. The van der Waals surface area contributed by atoms with Crippen LogP contribution in [-0.4, -0.2) is 53.3 Å². The van der Waals surface area contributed by atoms with Gasteiger partial charge in [-0.05, 0) is 39.5 Å². The Balaban J connectivity index is 2.46. The molecule has 2 N–H and O–H groups in total. The van der Waals surface area contributed by atoms with E-state index in [1.165, 1.54) is 0 Å². The Morgan fingerprint density at radius 3 is 2.16 bits per heavy atom. The lowest BCUT2D eigenvalue weighted by Crippen LogP contribution is -2.48. The fraction of sp³-hybridized carbons (Fsp3) is 0.857. The van der Waals surface area contributed by atoms with E-state index in [9.17, 15) is 9.59 Å². The van der Waals surface area contributed by atoms with Crippen LogP contribution >= 0.6 is 0 Å². The van der Waals surface area contributed by atoms with E-state index in [0.29, 0.717) is 5.92 Å². The lowest BCUT2D eigenvalue weighted by molar-refractivity contribution is -0.135. The number of carbonyl (C=O) groups is 2. The van der Waals surface area contributed by atoms with Crippen molar-refractivity contribution in [2.75, 3.05) is 19.6 Å². The minimum atomic E-state index is -0.416. The zero-order valence-corrected chi connectivity index (χ0v) is 12.6. The molecule has 0 aliphatic carbocycles. The zero-order chi connectivity index (χ0) is 14.6. The van der Waals surface area contributed by atoms with Crippen molar-refractivity contribution >= 4 is 11.8 Å². The van der Waals surface area contributed by atoms with Gasteiger partial charge in [-0.2, -0.15) is 0 Å². The number of nitrogens with zero attached hydrogens (tertiary/aromatic N) is 2. The number of rotatable bonds is 4. The smallest absolute Gasteiger partial charge is 0.239 e. The summed E-state index contributed by atoms with van der Waals surface area (Å²) in [5.74, 6) is 0.651. The molecule has 1 aliphatic rings. The average Bonchev–Trinajstić information content (AvgIpc) is 2.34. The van der Waals surface area contributed by atoms with Gasteiger partial charge in [-0.25, -0.2) is 0 Å². The van der Waals surface area contributed by atoms with Gasteiger partial charge in [0.2, 0.25) is 11.8 Å². The van der Waals surface area contributed by atoms with E-state index in [2.05, 4.69) is 0 Å². The maximum absolute atomic E-state index is 11.8. The van der Waals surface area contributed by atoms with Crippen LogP contribution in [0.2, 0.25) is 0 Å². The Bertz CT molecular complexity index is 321. The number of piperidine rings is 1. The van der Waals surface area contributed by atoms with E-state index in [0.717, 1.165) is 32.5 Å². The van der Waals surface area contributed by atoms with Crippen LogP contribution in [-0.2, 0) is 9.59 Å². The molecule has 19 heavy (non-hydrogen) atoms. The first kappa shape index (κ1) is 16.0. The van der Waals surface area contributed by atoms with Crippen molar-refractivity contribution in [2.24, 2.45) is 11.7 Å². The van der Waals surface area contributed by atoms with Crippen LogP contribution in [0.15, 0.2) is 0 Å². The molecule has 0 spiro atoms. The van der Waals surface area contributed by atoms with Crippen molar-refractivity contribution in [3.05, 3.63) is 0 Å². The second kappa shape index (κ2) is 6.89. The molecule has 5 nitrogen and oxygen atoms in total. The normalized spacial score (nSPS) is 18.5. The first-order chi connectivity index (χ1) is 8.82. The van der Waals surface area contributed by atoms with Gasteiger partial charge in [-0.1, -0.05) is 0 Å². The highest BCUT2D eigenvalue weighted by atomic mass is 16.2. The predicted molar refractivity (Wildman–Crippen MR) is 75.5 cm³/mol. The Labute approximate surface area is 116 Å². The summed E-state index contributed by atoms with van der Waals surface area (Å²) in [4.78, 5) is 27.1. The fourth-order valence-corrected chi connectivity index (χ4v) is 2.61. The van der Waals surface area contributed by atoms with E-state index >= 15 is 0 Å². The van der Waals surface area contributed by atoms with Gasteiger partial charge >= 0.3 is 0 Å². The molecule has 0 aromatic heterocycles. The van der Waals surface area contributed by atoms with E-state index in [1.807, 2.05) is 23.6 Å². The predicted octanol–water partition coefficient (Wildman–Crippen LogP) is 0.829. The van der Waals surface area contributed by atoms with Crippen molar-refractivity contribution in [3.8, 4) is 0 Å². The van der Waals surface area contributed by atoms with Crippen LogP contribution in [0.4, 0.5) is 0 Å². The van der Waals surface area contributed by atoms with Crippen molar-refractivity contribution in [3.63, 3.8) is 0 Å². The summed E-state index contributed by atoms with van der Waals surface area (Å²) in [5, 5.41) is 0. The molecule has 0 bridgehead atoms. The number of amides is 2. The van der Waals surface area contributed by atoms with E-state index in [4.69, 9.17) is 5.73 Å². The van der Waals surface area contributed by atoms with E-state index in [1.54, 1.807) is 13.8 Å². The van der Waals surface area contributed by atoms with Gasteiger partial charge in [0, 0.05) is 32.6 Å². The largest absolute Gasteiger partial charge is 0.341 e. The third kappa shape index (κ3) is 4.49. The third-order valence-corrected chi connectivity index (χ3v) is 3.80. The maximum Gasteiger partial charge on any atom is 0.239 e. The quantitative estimate of drug-likeness (QED) is 0.822. The molecule has 1 rings (SSSR count). The molecule has 1 aliphatic heterocycles. The van der Waals surface area contributed by atoms with Crippen LogP contribution in [0.1, 0.15) is 40.5 Å². The second-order valence-electron chi connectivity index (χ2n) is 5.82. The number of hydrogen-bond donors (Lipinski definition) is 1. The summed E-state index contributed by atoms with van der Waals surface area (Å²) in [5.41, 5.74) is 5.62. The number of carbonyl (C=O) groups excluding carboxylic acids is 2. The van der Waals surface area contributed by atoms with Crippen LogP contribution in [0.3, 0.4) is 0 Å². The van der Waals surface area contributed by atoms with Crippen molar-refractivity contribution in [1.29, 1.82) is 0 Å². The minimum absolute atomic E-state index is 0.0331. The summed E-state index contributed by atoms with van der Waals surface area (Å²) in [7, 11) is 0. The van der Waals surface area contributed by atoms with Crippen molar-refractivity contribution in [2.45, 2.75) is 52.6 Å². The van der Waals surface area contributed by atoms with Crippen LogP contribution in [0.25, 0.3) is 0 Å². The van der Waals surface area contributed by atoms with Gasteiger partial charge in [0.1, 0.15) is 0 Å². The summed E-state index contributed by atoms with van der Waals surface area (Å²) in [6, 6.07) is -0.179. The Morgan fingerprint density at radius 1 is 1.26 bits per heavy atom. The highest BCUT2D eigenvalue weighted by molar-refractivity contribution is 5.81. The highest BCUT2D eigenvalue weighted by Crippen LogP contribution is 2.20. The van der Waals surface area contributed by atoms with Crippen LogP contribution < -0.4 is 5.73 Å². The average molecular weight is 269 g/mol. The molecular weight excluding hydrogens is 242 g/mol. The van der Waals surface area contributed by atoms with Gasteiger partial charge in [-0.15, -0.1) is 0 Å². The summed E-state index contributed by atoms with van der Waals surface area (Å²) in [6.07, 6.45) is 1.91. The monoisotopic (exact) mass is 269 g/mol. The lowest BCUT2D eigenvalue weighted by atomic mass is 9.95. The summed E-state index contributed by atoms with van der Waals surface area (Å²) >= 11 is 0. The maximum atomic E-state index is 11.8. The van der Waals surface area contributed by atoms with E-state index < -0.39 is 6.04 Å². The van der Waals surface area contributed by atoms with Crippen molar-refractivity contribution < 1.29 is 9.59 Å². The SMILES string of the molecule is CC(=O)N(CC1CCN(C(=O)[C@H](C)N)CC1)C(C)C. The third-order valence-electron chi connectivity index (χ3n) is 3.80. The molecule has 0 radical (unpaired) electrons. The van der Waals surface area contributed by atoms with Gasteiger partial charge in [0.05, 0.1) is 6.04 Å². The molecule has 0 unspecified atom stereocenters. The highest BCUT2D eigenvalue weighted by Gasteiger charge is 2.26. The molecule has 0 aromatic rings. The van der Waals surface area contributed by atoms with Crippen LogP contribution in [0.5, 0.6) is 0 Å². The second-order valence-corrected chi connectivity index (χ2v) is 5.82. The topological polar surface area (TPSA) is 66.6 Å². The molecule has 1 saturated heterocycles. The number of likely N-dealkylation sites (tertiary alicyclic amines) is 1. The van der Waals surface area contributed by atoms with Gasteiger partial charge in [0.25, 0.3) is 0 Å². The summed E-state index contributed by atoms with van der Waals surface area (Å²) < 4.78 is 0. The van der Waals surface area contributed by atoms with Gasteiger partial charge in [0.15, 0.2) is 0 Å².